The first-order valence-electron chi connectivity index (χ1n) is 4.67. The Balaban J connectivity index is 2.48. The molecule has 0 aliphatic heterocycles. The molecule has 0 aliphatic rings. The highest BCUT2D eigenvalue weighted by Gasteiger charge is 1.86. The molecule has 0 heterocycles. The molecular formula is C12H16O. The molecule has 1 N–H and O–H groups in total. The zero-order valence-electron chi connectivity index (χ0n) is 8.03. The fraction of sp³-hybridized carbons (Fsp3) is 0.333. The van der Waals surface area contributed by atoms with Crippen molar-refractivity contribution in [2.75, 3.05) is 6.61 Å². The number of aliphatic hydroxyl groups is 1. The molecule has 0 saturated heterocycles. The van der Waals surface area contributed by atoms with E-state index < -0.39 is 0 Å². The van der Waals surface area contributed by atoms with Crippen LogP contribution < -0.4 is 0 Å². The van der Waals surface area contributed by atoms with Gasteiger partial charge in [-0.05, 0) is 25.3 Å². The van der Waals surface area contributed by atoms with Crippen molar-refractivity contribution >= 4 is 6.08 Å². The van der Waals surface area contributed by atoms with Gasteiger partial charge in [-0.2, -0.15) is 0 Å². The fourth-order valence-corrected chi connectivity index (χ4v) is 1.20. The number of allylic oxidation sites excluding steroid dienone is 1. The summed E-state index contributed by atoms with van der Waals surface area (Å²) >= 11 is 0. The van der Waals surface area contributed by atoms with Crippen LogP contribution in [0, 0.1) is 6.92 Å². The number of hydrogen-bond acceptors (Lipinski definition) is 1. The standard InChI is InChI=1S/C12H16O/c1-11-6-5-8-12(10-11)7-3-2-4-9-13/h3,5-8,10,13H,2,4,9H2,1H3/b7-3+. The first kappa shape index (κ1) is 10.0. The van der Waals surface area contributed by atoms with Crippen LogP contribution >= 0.6 is 0 Å². The van der Waals surface area contributed by atoms with E-state index in [4.69, 9.17) is 5.11 Å². The third kappa shape index (κ3) is 3.90. The van der Waals surface area contributed by atoms with Gasteiger partial charge in [0.1, 0.15) is 0 Å². The number of aryl methyl sites for hydroxylation is 1. The number of rotatable bonds is 4. The summed E-state index contributed by atoms with van der Waals surface area (Å²) in [4.78, 5) is 0. The van der Waals surface area contributed by atoms with E-state index in [1.807, 2.05) is 0 Å². The molecule has 0 radical (unpaired) electrons. The van der Waals surface area contributed by atoms with Crippen molar-refractivity contribution < 1.29 is 5.11 Å². The van der Waals surface area contributed by atoms with Crippen LogP contribution in [0.3, 0.4) is 0 Å². The van der Waals surface area contributed by atoms with Gasteiger partial charge in [0.05, 0.1) is 0 Å². The van der Waals surface area contributed by atoms with Gasteiger partial charge in [-0.1, -0.05) is 42.0 Å². The summed E-state index contributed by atoms with van der Waals surface area (Å²) in [7, 11) is 0. The molecule has 1 nitrogen and oxygen atoms in total. The Hall–Kier alpha value is -1.08. The monoisotopic (exact) mass is 176 g/mol. The molecule has 0 aromatic heterocycles. The topological polar surface area (TPSA) is 20.2 Å². The Bertz CT molecular complexity index is 276. The van der Waals surface area contributed by atoms with Gasteiger partial charge in [-0.15, -0.1) is 0 Å². The van der Waals surface area contributed by atoms with Crippen LogP contribution in [0.15, 0.2) is 30.3 Å². The molecule has 0 aliphatic carbocycles. The van der Waals surface area contributed by atoms with Crippen LogP contribution in [0.1, 0.15) is 24.0 Å². The van der Waals surface area contributed by atoms with Crippen molar-refractivity contribution in [3.8, 4) is 0 Å². The number of hydrogen-bond donors (Lipinski definition) is 1. The summed E-state index contributed by atoms with van der Waals surface area (Å²) in [6.07, 6.45) is 6.00. The molecule has 0 saturated carbocycles. The van der Waals surface area contributed by atoms with Crippen LogP contribution in [0.4, 0.5) is 0 Å². The Morgan fingerprint density at radius 3 is 2.92 bits per heavy atom. The molecule has 0 bridgehead atoms. The number of aliphatic hydroxyl groups excluding tert-OH is 1. The van der Waals surface area contributed by atoms with E-state index in [2.05, 4.69) is 43.3 Å². The summed E-state index contributed by atoms with van der Waals surface area (Å²) < 4.78 is 0. The van der Waals surface area contributed by atoms with Gasteiger partial charge in [0, 0.05) is 6.61 Å². The quantitative estimate of drug-likeness (QED) is 0.699. The van der Waals surface area contributed by atoms with E-state index in [0.29, 0.717) is 0 Å². The van der Waals surface area contributed by atoms with Crippen LogP contribution in [0.2, 0.25) is 0 Å². The summed E-state index contributed by atoms with van der Waals surface area (Å²) in [6, 6.07) is 8.38. The minimum Gasteiger partial charge on any atom is -0.396 e. The van der Waals surface area contributed by atoms with Gasteiger partial charge < -0.3 is 5.11 Å². The van der Waals surface area contributed by atoms with Gasteiger partial charge in [0.25, 0.3) is 0 Å². The Labute approximate surface area is 79.7 Å². The lowest BCUT2D eigenvalue weighted by Crippen LogP contribution is -1.79. The molecule has 1 rings (SSSR count). The second-order valence-corrected chi connectivity index (χ2v) is 3.18. The van der Waals surface area contributed by atoms with Crippen molar-refractivity contribution in [3.63, 3.8) is 0 Å². The van der Waals surface area contributed by atoms with E-state index in [9.17, 15) is 0 Å². The molecule has 1 heteroatoms. The van der Waals surface area contributed by atoms with Crippen molar-refractivity contribution in [2.45, 2.75) is 19.8 Å². The van der Waals surface area contributed by atoms with Crippen LogP contribution in [-0.2, 0) is 0 Å². The van der Waals surface area contributed by atoms with E-state index in [0.717, 1.165) is 12.8 Å². The lowest BCUT2D eigenvalue weighted by molar-refractivity contribution is 0.290. The van der Waals surface area contributed by atoms with Gasteiger partial charge in [-0.25, -0.2) is 0 Å². The third-order valence-corrected chi connectivity index (χ3v) is 1.88. The van der Waals surface area contributed by atoms with Crippen molar-refractivity contribution in [2.24, 2.45) is 0 Å². The summed E-state index contributed by atoms with van der Waals surface area (Å²) in [6.45, 7) is 2.36. The molecule has 1 aromatic carbocycles. The molecule has 0 unspecified atom stereocenters. The highest BCUT2D eigenvalue weighted by atomic mass is 16.2. The number of unbranched alkanes of at least 4 members (excludes halogenated alkanes) is 1. The highest BCUT2D eigenvalue weighted by molar-refractivity contribution is 5.49. The van der Waals surface area contributed by atoms with Crippen LogP contribution in [0.5, 0.6) is 0 Å². The minimum atomic E-state index is 0.276. The average molecular weight is 176 g/mol. The summed E-state index contributed by atoms with van der Waals surface area (Å²) in [5, 5.41) is 8.57. The average Bonchev–Trinajstić information content (AvgIpc) is 2.13. The molecule has 0 atom stereocenters. The van der Waals surface area contributed by atoms with Gasteiger partial charge in [0.2, 0.25) is 0 Å². The van der Waals surface area contributed by atoms with E-state index in [1.54, 1.807) is 0 Å². The third-order valence-electron chi connectivity index (χ3n) is 1.88. The molecular weight excluding hydrogens is 160 g/mol. The Kier molecular flexibility index (Phi) is 4.27. The normalized spacial score (nSPS) is 10.9. The van der Waals surface area contributed by atoms with Gasteiger partial charge in [0.15, 0.2) is 0 Å². The molecule has 70 valence electrons. The second kappa shape index (κ2) is 5.55. The molecule has 13 heavy (non-hydrogen) atoms. The van der Waals surface area contributed by atoms with Crippen LogP contribution in [-0.4, -0.2) is 11.7 Å². The largest absolute Gasteiger partial charge is 0.396 e. The maximum atomic E-state index is 8.57. The molecule has 0 fully saturated rings. The smallest absolute Gasteiger partial charge is 0.0433 e. The van der Waals surface area contributed by atoms with Crippen molar-refractivity contribution in [1.29, 1.82) is 0 Å². The van der Waals surface area contributed by atoms with Crippen LogP contribution in [0.25, 0.3) is 6.08 Å². The Morgan fingerprint density at radius 2 is 2.23 bits per heavy atom. The predicted molar refractivity (Wildman–Crippen MR) is 56.5 cm³/mol. The zero-order valence-corrected chi connectivity index (χ0v) is 8.03. The van der Waals surface area contributed by atoms with E-state index >= 15 is 0 Å². The van der Waals surface area contributed by atoms with Gasteiger partial charge in [-0.3, -0.25) is 0 Å². The molecule has 1 aromatic rings. The minimum absolute atomic E-state index is 0.276. The Morgan fingerprint density at radius 1 is 1.38 bits per heavy atom. The molecule has 0 amide bonds. The highest BCUT2D eigenvalue weighted by Crippen LogP contribution is 2.06. The summed E-state index contributed by atoms with van der Waals surface area (Å²) in [5.74, 6) is 0. The first-order valence-corrected chi connectivity index (χ1v) is 4.67. The maximum absolute atomic E-state index is 8.57. The predicted octanol–water partition coefficient (Wildman–Crippen LogP) is 2.78. The lowest BCUT2D eigenvalue weighted by atomic mass is 10.1. The van der Waals surface area contributed by atoms with Crippen molar-refractivity contribution in [3.05, 3.63) is 41.5 Å². The zero-order chi connectivity index (χ0) is 9.52. The maximum Gasteiger partial charge on any atom is 0.0433 e. The SMILES string of the molecule is Cc1cccc(/C=C/CCCO)c1. The summed E-state index contributed by atoms with van der Waals surface area (Å²) in [5.41, 5.74) is 2.52. The van der Waals surface area contributed by atoms with Crippen molar-refractivity contribution in [1.82, 2.24) is 0 Å². The van der Waals surface area contributed by atoms with E-state index in [1.165, 1.54) is 11.1 Å². The van der Waals surface area contributed by atoms with E-state index in [-0.39, 0.29) is 6.61 Å². The second-order valence-electron chi connectivity index (χ2n) is 3.18. The lowest BCUT2D eigenvalue weighted by Gasteiger charge is -1.95. The molecule has 0 spiro atoms. The number of benzene rings is 1. The first-order chi connectivity index (χ1) is 6.33. The fourth-order valence-electron chi connectivity index (χ4n) is 1.20. The van der Waals surface area contributed by atoms with Gasteiger partial charge >= 0.3 is 0 Å².